The number of rotatable bonds is 7. The van der Waals surface area contributed by atoms with Crippen molar-refractivity contribution in [2.45, 2.75) is 19.8 Å². The number of Topliss-reactive ketones (excluding diaryl/α,β-unsaturated/α-hetero) is 1. The molecule has 0 saturated carbocycles. The molecule has 8 nitrogen and oxygen atoms in total. The maximum absolute atomic E-state index is 12.6. The Morgan fingerprint density at radius 2 is 1.62 bits per heavy atom. The van der Waals surface area contributed by atoms with Crippen LogP contribution < -0.4 is 19.5 Å². The normalized spacial score (nSPS) is 16.4. The molecule has 1 N–H and O–H groups in total. The fraction of sp³-hybridized carbons (Fsp3) is 0.391. The summed E-state index contributed by atoms with van der Waals surface area (Å²) in [6.07, 6.45) is -4.71. The number of carbonyl (C=O) groups is 2. The molecule has 0 aliphatic carbocycles. The number of ether oxygens (including phenoxy) is 3. The molecule has 11 heteroatoms. The molecule has 2 aromatic carbocycles. The molecule has 1 saturated heterocycles. The van der Waals surface area contributed by atoms with Crippen molar-refractivity contribution in [1.29, 1.82) is 0 Å². The number of fused-ring (bicyclic) bond motifs is 1. The van der Waals surface area contributed by atoms with Crippen LogP contribution in [0.1, 0.15) is 22.8 Å². The number of amides is 1. The Hall–Kier alpha value is -3.31. The molecule has 2 aromatic rings. The van der Waals surface area contributed by atoms with E-state index in [1.807, 2.05) is 4.90 Å². The summed E-state index contributed by atoms with van der Waals surface area (Å²) >= 11 is 0. The second-order valence-corrected chi connectivity index (χ2v) is 8.10. The van der Waals surface area contributed by atoms with Gasteiger partial charge < -0.3 is 19.5 Å². The predicted molar refractivity (Wildman–Crippen MR) is 116 cm³/mol. The zero-order chi connectivity index (χ0) is 24.3. The molecule has 0 atom stereocenters. The summed E-state index contributed by atoms with van der Waals surface area (Å²) < 4.78 is 51.4. The van der Waals surface area contributed by atoms with Gasteiger partial charge in [0.25, 0.3) is 0 Å². The quantitative estimate of drug-likeness (QED) is 0.611. The number of piperazine rings is 1. The van der Waals surface area contributed by atoms with E-state index in [1.165, 1.54) is 19.1 Å². The van der Waals surface area contributed by atoms with Crippen LogP contribution in [0.25, 0.3) is 0 Å². The van der Waals surface area contributed by atoms with Crippen LogP contribution in [0.15, 0.2) is 36.4 Å². The fourth-order valence-electron chi connectivity index (χ4n) is 3.89. The molecule has 0 unspecified atom stereocenters. The van der Waals surface area contributed by atoms with Gasteiger partial charge >= 0.3 is 6.36 Å². The van der Waals surface area contributed by atoms with E-state index in [2.05, 4.69) is 15.0 Å². The van der Waals surface area contributed by atoms with Gasteiger partial charge in [0.2, 0.25) is 12.7 Å². The molecule has 4 rings (SSSR count). The smallest absolute Gasteiger partial charge is 0.454 e. The lowest BCUT2D eigenvalue weighted by molar-refractivity contribution is -0.274. The van der Waals surface area contributed by atoms with E-state index in [4.69, 9.17) is 9.47 Å². The topological polar surface area (TPSA) is 80.3 Å². The van der Waals surface area contributed by atoms with E-state index >= 15 is 0 Å². The average Bonchev–Trinajstić information content (AvgIpc) is 3.22. The van der Waals surface area contributed by atoms with Crippen LogP contribution in [0.4, 0.5) is 18.9 Å². The highest BCUT2D eigenvalue weighted by molar-refractivity contribution is 6.05. The van der Waals surface area contributed by atoms with Gasteiger partial charge in [-0.15, -0.1) is 13.2 Å². The number of nitrogens with one attached hydrogen (secondary N) is 1. The molecule has 1 amide bonds. The largest absolute Gasteiger partial charge is 0.573 e. The van der Waals surface area contributed by atoms with Gasteiger partial charge in [0.15, 0.2) is 17.3 Å². The molecule has 0 spiro atoms. The molecule has 182 valence electrons. The van der Waals surface area contributed by atoms with E-state index in [0.29, 0.717) is 55.5 Å². The van der Waals surface area contributed by atoms with E-state index in [-0.39, 0.29) is 30.8 Å². The number of ketones is 1. The van der Waals surface area contributed by atoms with Gasteiger partial charge in [0.05, 0.1) is 12.2 Å². The summed E-state index contributed by atoms with van der Waals surface area (Å²) in [5.41, 5.74) is 1.62. The van der Waals surface area contributed by atoms with Gasteiger partial charge in [-0.1, -0.05) is 12.1 Å². The van der Waals surface area contributed by atoms with Crippen LogP contribution in [0.5, 0.6) is 17.2 Å². The van der Waals surface area contributed by atoms with Crippen molar-refractivity contribution in [1.82, 2.24) is 9.80 Å². The van der Waals surface area contributed by atoms with Crippen LogP contribution in [-0.2, 0) is 11.3 Å². The summed E-state index contributed by atoms with van der Waals surface area (Å²) in [5.74, 6) is 0.270. The standard InChI is InChI=1S/C23H24F3N3O5/c1-15(30)18-10-20-21(33-14-32-20)11-19(18)27-22(31)13-29-8-6-28(7-9-29)12-16-2-4-17(5-3-16)34-23(24,25)26/h2-5,10-11H,6-9,12-14H2,1H3,(H,27,31). The molecule has 0 bridgehead atoms. The van der Waals surface area contributed by atoms with Gasteiger partial charge in [0, 0.05) is 44.4 Å². The van der Waals surface area contributed by atoms with Crippen molar-refractivity contribution in [3.8, 4) is 17.2 Å². The number of hydrogen-bond acceptors (Lipinski definition) is 7. The first-order valence-electron chi connectivity index (χ1n) is 10.7. The number of alkyl halides is 3. The van der Waals surface area contributed by atoms with E-state index in [1.54, 1.807) is 24.3 Å². The monoisotopic (exact) mass is 479 g/mol. The maximum atomic E-state index is 12.6. The minimum absolute atomic E-state index is 0.0693. The number of anilines is 1. The van der Waals surface area contributed by atoms with Crippen LogP contribution in [0.2, 0.25) is 0 Å². The minimum atomic E-state index is -4.71. The van der Waals surface area contributed by atoms with Crippen molar-refractivity contribution in [3.05, 3.63) is 47.5 Å². The highest BCUT2D eigenvalue weighted by atomic mass is 19.4. The molecule has 0 aromatic heterocycles. The minimum Gasteiger partial charge on any atom is -0.454 e. The first kappa shape index (κ1) is 23.8. The van der Waals surface area contributed by atoms with Gasteiger partial charge in [0.1, 0.15) is 5.75 Å². The van der Waals surface area contributed by atoms with Crippen molar-refractivity contribution in [2.24, 2.45) is 0 Å². The SMILES string of the molecule is CC(=O)c1cc2c(cc1NC(=O)CN1CCN(Cc3ccc(OC(F)(F)F)cc3)CC1)OCO2. The summed E-state index contributed by atoms with van der Waals surface area (Å²) in [4.78, 5) is 28.8. The van der Waals surface area contributed by atoms with E-state index in [0.717, 1.165) is 5.56 Å². The summed E-state index contributed by atoms with van der Waals surface area (Å²) in [6, 6.07) is 8.99. The Balaban J connectivity index is 1.26. The van der Waals surface area contributed by atoms with Gasteiger partial charge in [-0.2, -0.15) is 0 Å². The van der Waals surface area contributed by atoms with Crippen LogP contribution >= 0.6 is 0 Å². The number of benzene rings is 2. The number of carbonyl (C=O) groups excluding carboxylic acids is 2. The van der Waals surface area contributed by atoms with Crippen LogP contribution in [-0.4, -0.2) is 67.4 Å². The Bertz CT molecular complexity index is 1050. The van der Waals surface area contributed by atoms with Gasteiger partial charge in [-0.25, -0.2) is 0 Å². The highest BCUT2D eigenvalue weighted by Gasteiger charge is 2.31. The van der Waals surface area contributed by atoms with Gasteiger partial charge in [-0.3, -0.25) is 19.4 Å². The second-order valence-electron chi connectivity index (χ2n) is 8.10. The molecule has 2 heterocycles. The number of halogens is 3. The Morgan fingerprint density at radius 1 is 1.00 bits per heavy atom. The third kappa shape index (κ3) is 6.17. The first-order valence-corrected chi connectivity index (χ1v) is 10.7. The Labute approximate surface area is 194 Å². The van der Waals surface area contributed by atoms with Crippen molar-refractivity contribution in [3.63, 3.8) is 0 Å². The first-order chi connectivity index (χ1) is 16.2. The maximum Gasteiger partial charge on any atom is 0.573 e. The zero-order valence-electron chi connectivity index (χ0n) is 18.5. The molecule has 2 aliphatic heterocycles. The van der Waals surface area contributed by atoms with Crippen LogP contribution in [0.3, 0.4) is 0 Å². The van der Waals surface area contributed by atoms with Gasteiger partial charge in [-0.05, 0) is 30.7 Å². The lowest BCUT2D eigenvalue weighted by Crippen LogP contribution is -2.48. The zero-order valence-corrected chi connectivity index (χ0v) is 18.5. The number of nitrogens with zero attached hydrogens (tertiary/aromatic N) is 2. The fourth-order valence-corrected chi connectivity index (χ4v) is 3.89. The molecular weight excluding hydrogens is 455 g/mol. The number of hydrogen-bond donors (Lipinski definition) is 1. The summed E-state index contributed by atoms with van der Waals surface area (Å²) in [5, 5.41) is 2.80. The molecule has 2 aliphatic rings. The molecule has 34 heavy (non-hydrogen) atoms. The summed E-state index contributed by atoms with van der Waals surface area (Å²) in [7, 11) is 0. The molecular formula is C23H24F3N3O5. The van der Waals surface area contributed by atoms with E-state index < -0.39 is 6.36 Å². The van der Waals surface area contributed by atoms with Crippen molar-refractivity contribution >= 4 is 17.4 Å². The summed E-state index contributed by atoms with van der Waals surface area (Å²) in [6.45, 7) is 4.97. The Morgan fingerprint density at radius 3 is 2.24 bits per heavy atom. The third-order valence-corrected chi connectivity index (χ3v) is 5.56. The van der Waals surface area contributed by atoms with Crippen LogP contribution in [0, 0.1) is 0 Å². The lowest BCUT2D eigenvalue weighted by Gasteiger charge is -2.34. The second kappa shape index (κ2) is 9.90. The highest BCUT2D eigenvalue weighted by Crippen LogP contribution is 2.37. The predicted octanol–water partition coefficient (Wildman–Crippen LogP) is 3.27. The third-order valence-electron chi connectivity index (χ3n) is 5.56. The Kier molecular flexibility index (Phi) is 6.94. The van der Waals surface area contributed by atoms with E-state index in [9.17, 15) is 22.8 Å². The lowest BCUT2D eigenvalue weighted by atomic mass is 10.1. The average molecular weight is 479 g/mol. The van der Waals surface area contributed by atoms with Crippen molar-refractivity contribution < 1.29 is 37.0 Å². The van der Waals surface area contributed by atoms with Crippen molar-refractivity contribution in [2.75, 3.05) is 44.8 Å². The molecule has 0 radical (unpaired) electrons. The molecule has 1 fully saturated rings.